The molecule has 28 heavy (non-hydrogen) atoms. The number of aryl methyl sites for hydroxylation is 1. The van der Waals surface area contributed by atoms with Crippen LogP contribution in [0.3, 0.4) is 0 Å². The number of carbonyl (C=O) groups is 1. The van der Waals surface area contributed by atoms with Gasteiger partial charge in [-0.15, -0.1) is 0 Å². The molecule has 0 bridgehead atoms. The van der Waals surface area contributed by atoms with Crippen molar-refractivity contribution in [2.75, 3.05) is 7.11 Å². The molecular weight excluding hydrogens is 354 g/mol. The number of amides is 1. The van der Waals surface area contributed by atoms with Crippen LogP contribution < -0.4 is 10.2 Å². The summed E-state index contributed by atoms with van der Waals surface area (Å²) in [6.07, 6.45) is 1.64. The van der Waals surface area contributed by atoms with Gasteiger partial charge in [-0.25, -0.2) is 5.43 Å². The smallest absolute Gasteiger partial charge is 0.289 e. The average molecular weight is 373 g/mol. The Hall–Kier alpha value is -3.87. The fraction of sp³-hybridized carbons (Fsp3) is 0.0952. The summed E-state index contributed by atoms with van der Waals surface area (Å²) >= 11 is 0. The minimum absolute atomic E-state index is 0.325. The zero-order chi connectivity index (χ0) is 19.5. The summed E-state index contributed by atoms with van der Waals surface area (Å²) in [5.74, 6) is 0.362. The highest BCUT2D eigenvalue weighted by atomic mass is 16.5. The molecule has 0 atom stereocenters. The molecule has 0 aliphatic rings. The molecule has 0 saturated heterocycles. The van der Waals surface area contributed by atoms with Crippen LogP contribution >= 0.6 is 0 Å². The maximum absolute atomic E-state index is 12.4. The van der Waals surface area contributed by atoms with Crippen molar-refractivity contribution in [3.63, 3.8) is 0 Å². The Morgan fingerprint density at radius 2 is 2.04 bits per heavy atom. The molecule has 0 fully saturated rings. The molecule has 0 radical (unpaired) electrons. The number of nitrogens with one attached hydrogen (secondary N) is 3. The van der Waals surface area contributed by atoms with Crippen LogP contribution in [0, 0.1) is 6.92 Å². The van der Waals surface area contributed by atoms with Gasteiger partial charge in [0.1, 0.15) is 11.4 Å². The molecule has 4 aromatic rings. The van der Waals surface area contributed by atoms with Crippen LogP contribution in [0.2, 0.25) is 0 Å². The Morgan fingerprint density at radius 1 is 1.18 bits per heavy atom. The van der Waals surface area contributed by atoms with Gasteiger partial charge in [0, 0.05) is 27.7 Å². The minimum atomic E-state index is -0.365. The van der Waals surface area contributed by atoms with Crippen molar-refractivity contribution in [2.24, 2.45) is 5.10 Å². The van der Waals surface area contributed by atoms with E-state index in [9.17, 15) is 4.79 Å². The summed E-state index contributed by atoms with van der Waals surface area (Å²) < 4.78 is 5.22. The number of para-hydroxylation sites is 1. The predicted octanol–water partition coefficient (Wildman–Crippen LogP) is 3.64. The van der Waals surface area contributed by atoms with Crippen molar-refractivity contribution >= 4 is 23.0 Å². The number of carbonyl (C=O) groups excluding carboxylic acids is 1. The van der Waals surface area contributed by atoms with Crippen molar-refractivity contribution in [1.29, 1.82) is 0 Å². The first-order valence-corrected chi connectivity index (χ1v) is 8.76. The number of hydrogen-bond acceptors (Lipinski definition) is 4. The van der Waals surface area contributed by atoms with Crippen LogP contribution in [-0.4, -0.2) is 34.4 Å². The van der Waals surface area contributed by atoms with Gasteiger partial charge in [-0.3, -0.25) is 9.89 Å². The Morgan fingerprint density at radius 3 is 2.89 bits per heavy atom. The molecule has 7 heteroatoms. The molecule has 0 aliphatic heterocycles. The number of hydrogen-bond donors (Lipinski definition) is 3. The van der Waals surface area contributed by atoms with Gasteiger partial charge in [-0.2, -0.15) is 10.2 Å². The topological polar surface area (TPSA) is 95.2 Å². The van der Waals surface area contributed by atoms with Crippen LogP contribution in [0.25, 0.3) is 22.2 Å². The molecule has 140 valence electrons. The number of aromatic amines is 2. The Balaban J connectivity index is 1.49. The number of ether oxygens (including phenoxy) is 1. The second-order valence-corrected chi connectivity index (χ2v) is 6.31. The van der Waals surface area contributed by atoms with Crippen LogP contribution in [0.15, 0.2) is 59.7 Å². The summed E-state index contributed by atoms with van der Waals surface area (Å²) in [5, 5.41) is 12.1. The molecule has 0 saturated carbocycles. The van der Waals surface area contributed by atoms with Gasteiger partial charge < -0.3 is 9.72 Å². The number of aromatic nitrogens is 3. The zero-order valence-corrected chi connectivity index (χ0v) is 15.5. The minimum Gasteiger partial charge on any atom is -0.497 e. The van der Waals surface area contributed by atoms with E-state index in [0.717, 1.165) is 33.5 Å². The van der Waals surface area contributed by atoms with Crippen LogP contribution in [0.4, 0.5) is 0 Å². The highest BCUT2D eigenvalue weighted by molar-refractivity contribution is 6.01. The Bertz CT molecular complexity index is 1170. The van der Waals surface area contributed by atoms with Crippen molar-refractivity contribution in [3.8, 4) is 17.0 Å². The normalized spacial score (nSPS) is 11.2. The van der Waals surface area contributed by atoms with Crippen LogP contribution in [0.5, 0.6) is 5.75 Å². The summed E-state index contributed by atoms with van der Waals surface area (Å²) in [4.78, 5) is 15.7. The zero-order valence-electron chi connectivity index (χ0n) is 15.5. The van der Waals surface area contributed by atoms with Crippen LogP contribution in [0.1, 0.15) is 21.7 Å². The van der Waals surface area contributed by atoms with Gasteiger partial charge >= 0.3 is 0 Å². The third-order valence-electron chi connectivity index (χ3n) is 4.49. The standard InChI is InChI=1S/C21H19N5O2/c1-13-17(16-8-3-4-9-18(16)23-13)12-22-26-21(27)20-11-19(24-25-20)14-6-5-7-15(10-14)28-2/h3-12,23H,1-2H3,(H,24,25)(H,26,27)/b22-12+. The van der Waals surface area contributed by atoms with Crippen LogP contribution in [-0.2, 0) is 0 Å². The number of nitrogens with zero attached hydrogens (tertiary/aromatic N) is 2. The first-order chi connectivity index (χ1) is 13.7. The van der Waals surface area contributed by atoms with Gasteiger partial charge in [-0.1, -0.05) is 30.3 Å². The quantitative estimate of drug-likeness (QED) is 0.368. The monoisotopic (exact) mass is 373 g/mol. The first-order valence-electron chi connectivity index (χ1n) is 8.76. The molecule has 4 rings (SSSR count). The van der Waals surface area contributed by atoms with Gasteiger partial charge in [0.2, 0.25) is 0 Å². The largest absolute Gasteiger partial charge is 0.497 e. The lowest BCUT2D eigenvalue weighted by molar-refractivity contribution is 0.0950. The first kappa shape index (κ1) is 17.5. The average Bonchev–Trinajstić information content (AvgIpc) is 3.33. The third-order valence-corrected chi connectivity index (χ3v) is 4.49. The Labute approximate surface area is 161 Å². The molecule has 0 unspecified atom stereocenters. The lowest BCUT2D eigenvalue weighted by atomic mass is 10.1. The summed E-state index contributed by atoms with van der Waals surface area (Å²) in [6.45, 7) is 1.97. The van der Waals surface area contributed by atoms with E-state index in [0.29, 0.717) is 11.4 Å². The molecule has 2 aromatic carbocycles. The second kappa shape index (κ2) is 7.40. The van der Waals surface area contributed by atoms with Crippen molar-refractivity contribution in [3.05, 3.63) is 71.5 Å². The summed E-state index contributed by atoms with van der Waals surface area (Å²) in [5.41, 5.74) is 7.33. The summed E-state index contributed by atoms with van der Waals surface area (Å²) in [7, 11) is 1.61. The maximum atomic E-state index is 12.4. The Kier molecular flexibility index (Phi) is 4.63. The van der Waals surface area contributed by atoms with Crippen molar-refractivity contribution in [2.45, 2.75) is 6.92 Å². The fourth-order valence-corrected chi connectivity index (χ4v) is 3.05. The predicted molar refractivity (Wildman–Crippen MR) is 109 cm³/mol. The molecule has 1 amide bonds. The van der Waals surface area contributed by atoms with E-state index >= 15 is 0 Å². The van der Waals surface area contributed by atoms with Gasteiger partial charge in [0.05, 0.1) is 19.0 Å². The fourth-order valence-electron chi connectivity index (χ4n) is 3.05. The number of rotatable bonds is 5. The lowest BCUT2D eigenvalue weighted by Gasteiger charge is -2.00. The number of methoxy groups -OCH3 is 1. The molecule has 2 heterocycles. The SMILES string of the molecule is COc1cccc(-c2cc(C(=O)N/N=C/c3c(C)[nH]c4ccccc34)[nH]n2)c1. The third kappa shape index (κ3) is 3.37. The van der Waals surface area contributed by atoms with E-state index in [2.05, 4.69) is 25.7 Å². The van der Waals surface area contributed by atoms with E-state index in [1.807, 2.05) is 55.5 Å². The molecule has 2 aromatic heterocycles. The molecule has 3 N–H and O–H groups in total. The second-order valence-electron chi connectivity index (χ2n) is 6.31. The van der Waals surface area contributed by atoms with Gasteiger partial charge in [-0.05, 0) is 31.2 Å². The summed E-state index contributed by atoms with van der Waals surface area (Å²) in [6, 6.07) is 17.1. The molecule has 7 nitrogen and oxygen atoms in total. The van der Waals surface area contributed by atoms with Gasteiger partial charge in [0.25, 0.3) is 5.91 Å². The number of H-pyrrole nitrogens is 2. The number of benzene rings is 2. The van der Waals surface area contributed by atoms with Gasteiger partial charge in [0.15, 0.2) is 0 Å². The van der Waals surface area contributed by atoms with Crippen molar-refractivity contribution in [1.82, 2.24) is 20.6 Å². The maximum Gasteiger partial charge on any atom is 0.289 e. The van der Waals surface area contributed by atoms with Crippen molar-refractivity contribution < 1.29 is 9.53 Å². The highest BCUT2D eigenvalue weighted by Gasteiger charge is 2.11. The van der Waals surface area contributed by atoms with E-state index in [4.69, 9.17) is 4.74 Å². The van der Waals surface area contributed by atoms with E-state index < -0.39 is 0 Å². The lowest BCUT2D eigenvalue weighted by Crippen LogP contribution is -2.18. The highest BCUT2D eigenvalue weighted by Crippen LogP contribution is 2.23. The number of fused-ring (bicyclic) bond motifs is 1. The molecular formula is C21H19N5O2. The van der Waals surface area contributed by atoms with E-state index in [-0.39, 0.29) is 5.91 Å². The van der Waals surface area contributed by atoms with E-state index in [1.165, 1.54) is 0 Å². The number of hydrazone groups is 1. The van der Waals surface area contributed by atoms with E-state index in [1.54, 1.807) is 19.4 Å². The molecule has 0 aliphatic carbocycles. The molecule has 0 spiro atoms.